The zero-order valence-corrected chi connectivity index (χ0v) is 7.97. The Morgan fingerprint density at radius 3 is 3.20 bits per heavy atom. The molecule has 1 unspecified atom stereocenters. The second-order valence-electron chi connectivity index (χ2n) is 3.03. The van der Waals surface area contributed by atoms with Crippen molar-refractivity contribution in [3.8, 4) is 6.07 Å². The average molecular weight is 202 g/mol. The fourth-order valence-electron chi connectivity index (χ4n) is 1.27. The first-order chi connectivity index (χ1) is 7.40. The van der Waals surface area contributed by atoms with Gasteiger partial charge in [-0.15, -0.1) is 0 Å². The molecule has 0 saturated carbocycles. The predicted molar refractivity (Wildman–Crippen MR) is 52.5 cm³/mol. The molecule has 5 nitrogen and oxygen atoms in total. The molecule has 0 fully saturated rings. The summed E-state index contributed by atoms with van der Waals surface area (Å²) in [5, 5.41) is 12.0. The molecular formula is C10H10N4O. The highest BCUT2D eigenvalue weighted by molar-refractivity contribution is 5.12. The van der Waals surface area contributed by atoms with Crippen molar-refractivity contribution in [3.63, 3.8) is 0 Å². The van der Waals surface area contributed by atoms with Gasteiger partial charge in [-0.05, 0) is 12.1 Å². The van der Waals surface area contributed by atoms with Crippen molar-refractivity contribution < 1.29 is 4.42 Å². The summed E-state index contributed by atoms with van der Waals surface area (Å²) in [7, 11) is 0. The Kier molecular flexibility index (Phi) is 2.81. The molecule has 0 amide bonds. The van der Waals surface area contributed by atoms with Crippen LogP contribution in [0.25, 0.3) is 0 Å². The molecule has 0 saturated heterocycles. The van der Waals surface area contributed by atoms with E-state index < -0.39 is 6.04 Å². The van der Waals surface area contributed by atoms with E-state index in [1.54, 1.807) is 18.8 Å². The fourth-order valence-corrected chi connectivity index (χ4v) is 1.27. The SMILES string of the molecule is N#CC(NCc1ccco1)c1cnc[nH]1. The highest BCUT2D eigenvalue weighted by Gasteiger charge is 2.11. The lowest BCUT2D eigenvalue weighted by atomic mass is 10.2. The van der Waals surface area contributed by atoms with Gasteiger partial charge < -0.3 is 9.40 Å². The summed E-state index contributed by atoms with van der Waals surface area (Å²) in [6, 6.07) is 5.42. The minimum Gasteiger partial charge on any atom is -0.468 e. The van der Waals surface area contributed by atoms with Crippen molar-refractivity contribution >= 4 is 0 Å². The molecule has 0 bridgehead atoms. The van der Waals surface area contributed by atoms with Gasteiger partial charge in [-0.25, -0.2) is 4.98 Å². The Labute approximate surface area is 86.7 Å². The average Bonchev–Trinajstić information content (AvgIpc) is 2.90. The van der Waals surface area contributed by atoms with E-state index in [0.29, 0.717) is 6.54 Å². The van der Waals surface area contributed by atoms with Gasteiger partial charge in [-0.1, -0.05) is 0 Å². The molecule has 2 heterocycles. The lowest BCUT2D eigenvalue weighted by molar-refractivity contribution is 0.471. The molecule has 0 aliphatic carbocycles. The normalized spacial score (nSPS) is 12.2. The van der Waals surface area contributed by atoms with E-state index in [-0.39, 0.29) is 0 Å². The largest absolute Gasteiger partial charge is 0.468 e. The smallest absolute Gasteiger partial charge is 0.138 e. The van der Waals surface area contributed by atoms with Crippen molar-refractivity contribution in [3.05, 3.63) is 42.4 Å². The molecule has 1 atom stereocenters. The van der Waals surface area contributed by atoms with Crippen molar-refractivity contribution in [2.45, 2.75) is 12.6 Å². The van der Waals surface area contributed by atoms with Gasteiger partial charge in [0.25, 0.3) is 0 Å². The Hall–Kier alpha value is -2.06. The van der Waals surface area contributed by atoms with E-state index in [0.717, 1.165) is 11.5 Å². The number of aromatic nitrogens is 2. The maximum atomic E-state index is 8.94. The molecule has 2 N–H and O–H groups in total. The number of aromatic amines is 1. The van der Waals surface area contributed by atoms with E-state index >= 15 is 0 Å². The quantitative estimate of drug-likeness (QED) is 0.784. The van der Waals surface area contributed by atoms with Crippen LogP contribution in [0, 0.1) is 11.3 Å². The molecular weight excluding hydrogens is 192 g/mol. The van der Waals surface area contributed by atoms with Gasteiger partial charge in [0, 0.05) is 0 Å². The number of H-pyrrole nitrogens is 1. The summed E-state index contributed by atoms with van der Waals surface area (Å²) in [6.45, 7) is 0.518. The van der Waals surface area contributed by atoms with Gasteiger partial charge >= 0.3 is 0 Å². The lowest BCUT2D eigenvalue weighted by Crippen LogP contribution is -2.19. The summed E-state index contributed by atoms with van der Waals surface area (Å²) < 4.78 is 5.15. The van der Waals surface area contributed by atoms with Crippen LogP contribution in [-0.4, -0.2) is 9.97 Å². The summed E-state index contributed by atoms with van der Waals surface area (Å²) in [6.07, 6.45) is 4.78. The van der Waals surface area contributed by atoms with Gasteiger partial charge in [0.2, 0.25) is 0 Å². The summed E-state index contributed by atoms with van der Waals surface area (Å²) >= 11 is 0. The minimum atomic E-state index is -0.391. The topological polar surface area (TPSA) is 77.6 Å². The van der Waals surface area contributed by atoms with Crippen molar-refractivity contribution in [1.82, 2.24) is 15.3 Å². The molecule has 2 rings (SSSR count). The van der Waals surface area contributed by atoms with Crippen molar-refractivity contribution in [2.75, 3.05) is 0 Å². The zero-order valence-electron chi connectivity index (χ0n) is 7.97. The lowest BCUT2D eigenvalue weighted by Gasteiger charge is -2.07. The molecule has 0 aromatic carbocycles. The van der Waals surface area contributed by atoms with Gasteiger partial charge in [0.1, 0.15) is 11.8 Å². The Bertz CT molecular complexity index is 426. The highest BCUT2D eigenvalue weighted by atomic mass is 16.3. The number of nitrogens with zero attached hydrogens (tertiary/aromatic N) is 2. The van der Waals surface area contributed by atoms with Gasteiger partial charge in [0.05, 0.1) is 37.1 Å². The first kappa shape index (κ1) is 9.49. The molecule has 76 valence electrons. The van der Waals surface area contributed by atoms with Gasteiger partial charge in [-0.2, -0.15) is 5.26 Å². The van der Waals surface area contributed by atoms with E-state index in [2.05, 4.69) is 21.4 Å². The molecule has 2 aromatic rings. The highest BCUT2D eigenvalue weighted by Crippen LogP contribution is 2.09. The Morgan fingerprint density at radius 2 is 2.60 bits per heavy atom. The maximum Gasteiger partial charge on any atom is 0.138 e. The van der Waals surface area contributed by atoms with Gasteiger partial charge in [-0.3, -0.25) is 5.32 Å². The number of nitriles is 1. The number of furan rings is 1. The zero-order chi connectivity index (χ0) is 10.5. The van der Waals surface area contributed by atoms with Crippen LogP contribution >= 0.6 is 0 Å². The molecule has 5 heteroatoms. The third-order valence-corrected chi connectivity index (χ3v) is 2.02. The first-order valence-electron chi connectivity index (χ1n) is 4.54. The van der Waals surface area contributed by atoms with Crippen LogP contribution in [0.4, 0.5) is 0 Å². The summed E-state index contributed by atoms with van der Waals surface area (Å²) in [5.74, 6) is 0.801. The predicted octanol–water partition coefficient (Wildman–Crippen LogP) is 1.36. The van der Waals surface area contributed by atoms with E-state index in [1.807, 2.05) is 12.1 Å². The van der Waals surface area contributed by atoms with Crippen LogP contribution in [-0.2, 0) is 6.54 Å². The molecule has 0 aliphatic heterocycles. The molecule has 0 spiro atoms. The number of hydrogen-bond donors (Lipinski definition) is 2. The van der Waals surface area contributed by atoms with Crippen LogP contribution in [0.2, 0.25) is 0 Å². The summed E-state index contributed by atoms with van der Waals surface area (Å²) in [4.78, 5) is 6.76. The fraction of sp³-hybridized carbons (Fsp3) is 0.200. The van der Waals surface area contributed by atoms with Crippen LogP contribution < -0.4 is 5.32 Å². The van der Waals surface area contributed by atoms with Crippen LogP contribution in [0.15, 0.2) is 35.3 Å². The van der Waals surface area contributed by atoms with Crippen LogP contribution in [0.3, 0.4) is 0 Å². The van der Waals surface area contributed by atoms with Gasteiger partial charge in [0.15, 0.2) is 0 Å². The number of rotatable bonds is 4. The standard InChI is InChI=1S/C10H10N4O/c11-4-9(10-6-12-7-14-10)13-5-8-2-1-3-15-8/h1-3,6-7,9,13H,5H2,(H,12,14). The summed E-state index contributed by atoms with van der Waals surface area (Å²) in [5.41, 5.74) is 0.754. The Morgan fingerprint density at radius 1 is 1.67 bits per heavy atom. The van der Waals surface area contributed by atoms with Crippen LogP contribution in [0.5, 0.6) is 0 Å². The van der Waals surface area contributed by atoms with Crippen molar-refractivity contribution in [1.29, 1.82) is 5.26 Å². The first-order valence-corrected chi connectivity index (χ1v) is 4.54. The maximum absolute atomic E-state index is 8.94. The third-order valence-electron chi connectivity index (χ3n) is 2.02. The van der Waals surface area contributed by atoms with E-state index in [4.69, 9.17) is 9.68 Å². The number of nitrogens with one attached hydrogen (secondary N) is 2. The molecule has 0 aliphatic rings. The number of hydrogen-bond acceptors (Lipinski definition) is 4. The molecule has 15 heavy (non-hydrogen) atoms. The van der Waals surface area contributed by atoms with E-state index in [1.165, 1.54) is 0 Å². The molecule has 0 radical (unpaired) electrons. The second kappa shape index (κ2) is 4.44. The monoisotopic (exact) mass is 202 g/mol. The second-order valence-corrected chi connectivity index (χ2v) is 3.03. The minimum absolute atomic E-state index is 0.391. The van der Waals surface area contributed by atoms with E-state index in [9.17, 15) is 0 Å². The number of imidazole rings is 1. The van der Waals surface area contributed by atoms with Crippen molar-refractivity contribution in [2.24, 2.45) is 0 Å². The molecule has 2 aromatic heterocycles. The van der Waals surface area contributed by atoms with Crippen LogP contribution in [0.1, 0.15) is 17.5 Å². The third kappa shape index (κ3) is 2.24. The Balaban J connectivity index is 1.96.